The summed E-state index contributed by atoms with van der Waals surface area (Å²) in [6.45, 7) is 1.87. The summed E-state index contributed by atoms with van der Waals surface area (Å²) >= 11 is 6.05. The summed E-state index contributed by atoms with van der Waals surface area (Å²) in [6, 6.07) is 9.28. The van der Waals surface area contributed by atoms with Crippen LogP contribution in [0.5, 0.6) is 0 Å². The van der Waals surface area contributed by atoms with Crippen molar-refractivity contribution in [2.45, 2.75) is 25.8 Å². The molecule has 0 bridgehead atoms. The highest BCUT2D eigenvalue weighted by atomic mass is 35.5. The third-order valence-corrected chi connectivity index (χ3v) is 3.46. The van der Waals surface area contributed by atoms with Crippen molar-refractivity contribution in [2.75, 3.05) is 0 Å². The highest BCUT2D eigenvalue weighted by Gasteiger charge is 2.50. The molecule has 1 fully saturated rings. The van der Waals surface area contributed by atoms with E-state index in [0.717, 1.165) is 5.56 Å². The SMILES string of the molecule is CC(NC(=O)C1(C#N)CC1)c1ccccc1Cl. The molecule has 1 aromatic rings. The fourth-order valence-corrected chi connectivity index (χ4v) is 2.05. The van der Waals surface area contributed by atoms with Gasteiger partial charge in [0.15, 0.2) is 0 Å². The van der Waals surface area contributed by atoms with Crippen LogP contribution in [0.2, 0.25) is 5.02 Å². The second-order valence-electron chi connectivity index (χ2n) is 4.41. The van der Waals surface area contributed by atoms with E-state index in [1.807, 2.05) is 25.1 Å². The zero-order chi connectivity index (χ0) is 12.5. The highest BCUT2D eigenvalue weighted by molar-refractivity contribution is 6.31. The summed E-state index contributed by atoms with van der Waals surface area (Å²) in [5.41, 5.74) is 0.0893. The molecule has 0 spiro atoms. The standard InChI is InChI=1S/C13H13ClN2O/c1-9(10-4-2-3-5-11(10)14)16-12(17)13(8-15)6-7-13/h2-5,9H,6-7H2,1H3,(H,16,17). The van der Waals surface area contributed by atoms with Gasteiger partial charge in [-0.1, -0.05) is 29.8 Å². The van der Waals surface area contributed by atoms with Gasteiger partial charge in [0.1, 0.15) is 5.41 Å². The van der Waals surface area contributed by atoms with Crippen molar-refractivity contribution < 1.29 is 4.79 Å². The number of hydrogen-bond acceptors (Lipinski definition) is 2. The Kier molecular flexibility index (Phi) is 3.08. The molecule has 0 radical (unpaired) electrons. The lowest BCUT2D eigenvalue weighted by molar-refractivity contribution is -0.125. The number of benzene rings is 1. The third-order valence-electron chi connectivity index (χ3n) is 3.12. The second-order valence-corrected chi connectivity index (χ2v) is 4.82. The lowest BCUT2D eigenvalue weighted by atomic mass is 10.1. The van der Waals surface area contributed by atoms with E-state index in [1.165, 1.54) is 0 Å². The molecule has 1 aliphatic rings. The zero-order valence-electron chi connectivity index (χ0n) is 9.53. The Morgan fingerprint density at radius 3 is 2.71 bits per heavy atom. The predicted octanol–water partition coefficient (Wildman–Crippen LogP) is 2.82. The van der Waals surface area contributed by atoms with Gasteiger partial charge in [0, 0.05) is 5.02 Å². The first-order chi connectivity index (χ1) is 8.09. The van der Waals surface area contributed by atoms with Crippen LogP contribution < -0.4 is 5.32 Å². The lowest BCUT2D eigenvalue weighted by Crippen LogP contribution is -2.33. The molecule has 4 heteroatoms. The van der Waals surface area contributed by atoms with Crippen molar-refractivity contribution in [3.8, 4) is 6.07 Å². The number of carbonyl (C=O) groups is 1. The minimum absolute atomic E-state index is 0.179. The van der Waals surface area contributed by atoms with Gasteiger partial charge in [0.05, 0.1) is 12.1 Å². The molecule has 2 rings (SSSR count). The number of nitriles is 1. The van der Waals surface area contributed by atoms with Gasteiger partial charge >= 0.3 is 0 Å². The molecule has 1 aromatic carbocycles. The van der Waals surface area contributed by atoms with E-state index in [2.05, 4.69) is 11.4 Å². The van der Waals surface area contributed by atoms with E-state index >= 15 is 0 Å². The van der Waals surface area contributed by atoms with Crippen LogP contribution >= 0.6 is 11.6 Å². The first-order valence-electron chi connectivity index (χ1n) is 5.56. The predicted molar refractivity (Wildman–Crippen MR) is 65.3 cm³/mol. The molecule has 1 saturated carbocycles. The van der Waals surface area contributed by atoms with Crippen molar-refractivity contribution in [3.05, 3.63) is 34.9 Å². The molecular weight excluding hydrogens is 236 g/mol. The van der Waals surface area contributed by atoms with Crippen molar-refractivity contribution in [3.63, 3.8) is 0 Å². The Morgan fingerprint density at radius 1 is 1.53 bits per heavy atom. The van der Waals surface area contributed by atoms with Crippen molar-refractivity contribution in [1.29, 1.82) is 5.26 Å². The number of carbonyl (C=O) groups excluding carboxylic acids is 1. The average Bonchev–Trinajstić information content (AvgIpc) is 3.10. The molecule has 17 heavy (non-hydrogen) atoms. The number of nitrogens with zero attached hydrogens (tertiary/aromatic N) is 1. The molecule has 0 saturated heterocycles. The molecule has 88 valence electrons. The quantitative estimate of drug-likeness (QED) is 0.894. The molecule has 1 N–H and O–H groups in total. The molecule has 1 aliphatic carbocycles. The molecule has 3 nitrogen and oxygen atoms in total. The summed E-state index contributed by atoms with van der Waals surface area (Å²) in [6.07, 6.45) is 1.31. The van der Waals surface area contributed by atoms with E-state index in [0.29, 0.717) is 17.9 Å². The van der Waals surface area contributed by atoms with Gasteiger partial charge in [-0.3, -0.25) is 4.79 Å². The number of halogens is 1. The van der Waals surface area contributed by atoms with E-state index < -0.39 is 5.41 Å². The van der Waals surface area contributed by atoms with Crippen molar-refractivity contribution in [1.82, 2.24) is 5.32 Å². The zero-order valence-corrected chi connectivity index (χ0v) is 10.3. The van der Waals surface area contributed by atoms with Gasteiger partial charge in [-0.15, -0.1) is 0 Å². The molecular formula is C13H13ClN2O. The first kappa shape index (κ1) is 11.9. The number of nitrogens with one attached hydrogen (secondary N) is 1. The smallest absolute Gasteiger partial charge is 0.240 e. The number of hydrogen-bond donors (Lipinski definition) is 1. The summed E-state index contributed by atoms with van der Waals surface area (Å²) in [7, 11) is 0. The fraction of sp³-hybridized carbons (Fsp3) is 0.385. The second kappa shape index (κ2) is 4.38. The summed E-state index contributed by atoms with van der Waals surface area (Å²) in [4.78, 5) is 11.9. The van der Waals surface area contributed by atoms with Gasteiger partial charge < -0.3 is 5.32 Å². The Labute approximate surface area is 105 Å². The maximum atomic E-state index is 11.9. The van der Waals surface area contributed by atoms with Crippen molar-refractivity contribution >= 4 is 17.5 Å². The Bertz CT molecular complexity index is 488. The van der Waals surface area contributed by atoms with Gasteiger partial charge in [0.25, 0.3) is 0 Å². The van der Waals surface area contributed by atoms with Crippen LogP contribution in [0, 0.1) is 16.7 Å². The highest BCUT2D eigenvalue weighted by Crippen LogP contribution is 2.45. The van der Waals surface area contributed by atoms with Gasteiger partial charge in [0.2, 0.25) is 5.91 Å². The maximum Gasteiger partial charge on any atom is 0.240 e. The Balaban J connectivity index is 2.08. The van der Waals surface area contributed by atoms with Gasteiger partial charge in [-0.05, 0) is 31.4 Å². The fourth-order valence-electron chi connectivity index (χ4n) is 1.75. The van der Waals surface area contributed by atoms with Crippen LogP contribution in [0.1, 0.15) is 31.4 Å². The first-order valence-corrected chi connectivity index (χ1v) is 5.93. The monoisotopic (exact) mass is 248 g/mol. The van der Waals surface area contributed by atoms with Crippen LogP contribution in [-0.2, 0) is 4.79 Å². The summed E-state index contributed by atoms with van der Waals surface area (Å²) in [5.74, 6) is -0.188. The molecule has 1 atom stereocenters. The number of amides is 1. The maximum absolute atomic E-state index is 11.9. The number of rotatable bonds is 3. The van der Waals surface area contributed by atoms with E-state index in [9.17, 15) is 4.79 Å². The van der Waals surface area contributed by atoms with Gasteiger partial charge in [-0.2, -0.15) is 5.26 Å². The largest absolute Gasteiger partial charge is 0.348 e. The molecule has 0 aliphatic heterocycles. The van der Waals surface area contributed by atoms with Gasteiger partial charge in [-0.25, -0.2) is 0 Å². The van der Waals surface area contributed by atoms with Crippen LogP contribution in [0.4, 0.5) is 0 Å². The minimum Gasteiger partial charge on any atom is -0.348 e. The topological polar surface area (TPSA) is 52.9 Å². The molecule has 1 unspecified atom stereocenters. The molecule has 0 aromatic heterocycles. The molecule has 1 amide bonds. The van der Waals surface area contributed by atoms with Crippen LogP contribution in [-0.4, -0.2) is 5.91 Å². The van der Waals surface area contributed by atoms with Crippen LogP contribution in [0.3, 0.4) is 0 Å². The minimum atomic E-state index is -0.782. The van der Waals surface area contributed by atoms with E-state index in [-0.39, 0.29) is 11.9 Å². The molecule has 0 heterocycles. The average molecular weight is 249 g/mol. The summed E-state index contributed by atoms with van der Waals surface area (Å²) in [5, 5.41) is 12.4. The van der Waals surface area contributed by atoms with E-state index in [4.69, 9.17) is 16.9 Å². The van der Waals surface area contributed by atoms with E-state index in [1.54, 1.807) is 6.07 Å². The van der Waals surface area contributed by atoms with Crippen molar-refractivity contribution in [2.24, 2.45) is 5.41 Å². The summed E-state index contributed by atoms with van der Waals surface area (Å²) < 4.78 is 0. The lowest BCUT2D eigenvalue weighted by Gasteiger charge is -2.17. The normalized spacial score (nSPS) is 17.9. The third kappa shape index (κ3) is 2.27. The van der Waals surface area contributed by atoms with Crippen LogP contribution in [0.15, 0.2) is 24.3 Å². The Hall–Kier alpha value is -1.53. The van der Waals surface area contributed by atoms with Crippen LogP contribution in [0.25, 0.3) is 0 Å². The Morgan fingerprint density at radius 2 is 2.18 bits per heavy atom.